The molecule has 1 aliphatic heterocycles. The highest BCUT2D eigenvalue weighted by atomic mass is 16.5. The maximum Gasteiger partial charge on any atom is 0.334 e. The van der Waals surface area contributed by atoms with E-state index in [1.807, 2.05) is 0 Å². The van der Waals surface area contributed by atoms with Crippen molar-refractivity contribution in [2.45, 2.75) is 12.0 Å². The van der Waals surface area contributed by atoms with Gasteiger partial charge in [-0.2, -0.15) is 5.10 Å². The highest BCUT2D eigenvalue weighted by molar-refractivity contribution is 5.77. The van der Waals surface area contributed by atoms with Crippen LogP contribution in [0.15, 0.2) is 18.5 Å². The quantitative estimate of drug-likeness (QED) is 0.703. The second kappa shape index (κ2) is 2.85. The smallest absolute Gasteiger partial charge is 0.334 e. The molecule has 70 valence electrons. The van der Waals surface area contributed by atoms with E-state index in [2.05, 4.69) is 5.10 Å². The summed E-state index contributed by atoms with van der Waals surface area (Å²) in [6.45, 7) is 0.677. The highest BCUT2D eigenvalue weighted by Crippen LogP contribution is 2.26. The molecule has 13 heavy (non-hydrogen) atoms. The van der Waals surface area contributed by atoms with E-state index in [0.29, 0.717) is 13.0 Å². The zero-order chi connectivity index (χ0) is 9.31. The number of carbonyl (C=O) groups is 1. The average molecular weight is 182 g/mol. The maximum absolute atomic E-state index is 11.1. The third-order valence-corrected chi connectivity index (χ3v) is 2.34. The number of carboxylic acids is 1. The van der Waals surface area contributed by atoms with Crippen molar-refractivity contribution in [2.24, 2.45) is 0 Å². The van der Waals surface area contributed by atoms with Gasteiger partial charge in [0.15, 0.2) is 5.54 Å². The summed E-state index contributed by atoms with van der Waals surface area (Å²) in [6.07, 6.45) is 3.70. The van der Waals surface area contributed by atoms with Crippen LogP contribution in [0.3, 0.4) is 0 Å². The summed E-state index contributed by atoms with van der Waals surface area (Å²) >= 11 is 0. The summed E-state index contributed by atoms with van der Waals surface area (Å²) in [4.78, 5) is 11.1. The van der Waals surface area contributed by atoms with Crippen LogP contribution in [-0.2, 0) is 15.1 Å². The molecule has 1 atom stereocenters. The molecule has 0 saturated carbocycles. The van der Waals surface area contributed by atoms with Crippen molar-refractivity contribution in [1.29, 1.82) is 0 Å². The summed E-state index contributed by atoms with van der Waals surface area (Å²) < 4.78 is 6.56. The third-order valence-electron chi connectivity index (χ3n) is 2.34. The van der Waals surface area contributed by atoms with Gasteiger partial charge in [-0.15, -0.1) is 0 Å². The molecule has 0 amide bonds. The molecule has 1 aromatic heterocycles. The Kier molecular flexibility index (Phi) is 1.81. The molecule has 0 bridgehead atoms. The first kappa shape index (κ1) is 8.25. The number of hydrogen-bond acceptors (Lipinski definition) is 3. The molecule has 0 aromatic carbocycles. The monoisotopic (exact) mass is 182 g/mol. The molecule has 5 nitrogen and oxygen atoms in total. The summed E-state index contributed by atoms with van der Waals surface area (Å²) in [5.41, 5.74) is -0.983. The number of ether oxygens (including phenoxy) is 1. The van der Waals surface area contributed by atoms with Crippen molar-refractivity contribution in [3.63, 3.8) is 0 Å². The lowest BCUT2D eigenvalue weighted by atomic mass is 10.00. The SMILES string of the molecule is O=C(O)C1(n2cccn2)CCOC1. The Hall–Kier alpha value is -1.36. The number of hydrogen-bond donors (Lipinski definition) is 1. The first-order valence-corrected chi connectivity index (χ1v) is 4.07. The Morgan fingerprint density at radius 3 is 3.00 bits per heavy atom. The molecule has 1 unspecified atom stereocenters. The van der Waals surface area contributed by atoms with Crippen LogP contribution in [0.2, 0.25) is 0 Å². The summed E-state index contributed by atoms with van der Waals surface area (Å²) in [5.74, 6) is -0.881. The van der Waals surface area contributed by atoms with E-state index in [0.717, 1.165) is 0 Å². The van der Waals surface area contributed by atoms with E-state index in [4.69, 9.17) is 9.84 Å². The van der Waals surface area contributed by atoms with Crippen molar-refractivity contribution in [3.8, 4) is 0 Å². The standard InChI is InChI=1S/C8H10N2O3/c11-7(12)8(2-5-13-6-8)10-4-1-3-9-10/h1,3-4H,2,5-6H2,(H,11,12). The zero-order valence-electron chi connectivity index (χ0n) is 7.01. The van der Waals surface area contributed by atoms with E-state index in [9.17, 15) is 4.79 Å². The van der Waals surface area contributed by atoms with Crippen LogP contribution < -0.4 is 0 Å². The number of aromatic nitrogens is 2. The molecule has 0 radical (unpaired) electrons. The Labute approximate surface area is 74.9 Å². The normalized spacial score (nSPS) is 27.7. The molecule has 1 saturated heterocycles. The largest absolute Gasteiger partial charge is 0.479 e. The Morgan fingerprint density at radius 2 is 2.54 bits per heavy atom. The fourth-order valence-electron chi connectivity index (χ4n) is 1.52. The topological polar surface area (TPSA) is 64.3 Å². The minimum absolute atomic E-state index is 0.198. The van der Waals surface area contributed by atoms with E-state index >= 15 is 0 Å². The number of nitrogens with zero attached hydrogens (tertiary/aromatic N) is 2. The molecule has 5 heteroatoms. The van der Waals surface area contributed by atoms with Gasteiger partial charge in [0, 0.05) is 25.4 Å². The number of carboxylic acid groups (broad SMARTS) is 1. The van der Waals surface area contributed by atoms with Gasteiger partial charge in [-0.25, -0.2) is 4.79 Å². The van der Waals surface area contributed by atoms with Crippen LogP contribution >= 0.6 is 0 Å². The Morgan fingerprint density at radius 1 is 1.69 bits per heavy atom. The van der Waals surface area contributed by atoms with Gasteiger partial charge in [0.25, 0.3) is 0 Å². The van der Waals surface area contributed by atoms with Gasteiger partial charge in [0.05, 0.1) is 6.61 Å². The number of rotatable bonds is 2. The molecule has 0 spiro atoms. The predicted molar refractivity (Wildman–Crippen MR) is 43.3 cm³/mol. The van der Waals surface area contributed by atoms with Crippen LogP contribution in [0.25, 0.3) is 0 Å². The zero-order valence-corrected chi connectivity index (χ0v) is 7.01. The molecule has 0 aliphatic carbocycles. The third kappa shape index (κ3) is 1.12. The highest BCUT2D eigenvalue weighted by Gasteiger charge is 2.44. The van der Waals surface area contributed by atoms with E-state index in [1.54, 1.807) is 18.5 Å². The van der Waals surface area contributed by atoms with Crippen LogP contribution in [0.1, 0.15) is 6.42 Å². The molecule has 2 rings (SSSR count). The predicted octanol–water partition coefficient (Wildman–Crippen LogP) is 0.0833. The summed E-state index contributed by atoms with van der Waals surface area (Å²) in [6, 6.07) is 1.71. The van der Waals surface area contributed by atoms with Crippen LogP contribution in [0.4, 0.5) is 0 Å². The second-order valence-electron chi connectivity index (χ2n) is 3.09. The Bertz CT molecular complexity index is 301. The van der Waals surface area contributed by atoms with E-state index in [1.165, 1.54) is 4.68 Å². The molecule has 1 N–H and O–H groups in total. The minimum atomic E-state index is -0.983. The van der Waals surface area contributed by atoms with Gasteiger partial charge in [-0.3, -0.25) is 4.68 Å². The average Bonchev–Trinajstić information content (AvgIpc) is 2.75. The molecular formula is C8H10N2O3. The fraction of sp³-hybridized carbons (Fsp3) is 0.500. The van der Waals surface area contributed by atoms with Gasteiger partial charge in [0.1, 0.15) is 0 Å². The maximum atomic E-state index is 11.1. The van der Waals surface area contributed by atoms with Crippen molar-refractivity contribution in [2.75, 3.05) is 13.2 Å². The lowest BCUT2D eigenvalue weighted by molar-refractivity contribution is -0.148. The van der Waals surface area contributed by atoms with Gasteiger partial charge in [0.2, 0.25) is 0 Å². The summed E-state index contributed by atoms with van der Waals surface area (Å²) in [7, 11) is 0. The van der Waals surface area contributed by atoms with Crippen LogP contribution in [0, 0.1) is 0 Å². The summed E-state index contributed by atoms with van der Waals surface area (Å²) in [5, 5.41) is 13.0. The van der Waals surface area contributed by atoms with Crippen molar-refractivity contribution in [3.05, 3.63) is 18.5 Å². The number of aliphatic carboxylic acids is 1. The van der Waals surface area contributed by atoms with Gasteiger partial charge >= 0.3 is 5.97 Å². The first-order chi connectivity index (χ1) is 6.26. The molecular weight excluding hydrogens is 172 g/mol. The van der Waals surface area contributed by atoms with Crippen molar-refractivity contribution >= 4 is 5.97 Å². The van der Waals surface area contributed by atoms with Crippen molar-refractivity contribution < 1.29 is 14.6 Å². The Balaban J connectivity index is 2.39. The second-order valence-corrected chi connectivity index (χ2v) is 3.09. The van der Waals surface area contributed by atoms with E-state index < -0.39 is 11.5 Å². The fourth-order valence-corrected chi connectivity index (χ4v) is 1.52. The minimum Gasteiger partial charge on any atom is -0.479 e. The van der Waals surface area contributed by atoms with Crippen molar-refractivity contribution in [1.82, 2.24) is 9.78 Å². The van der Waals surface area contributed by atoms with Gasteiger partial charge < -0.3 is 9.84 Å². The molecule has 2 heterocycles. The van der Waals surface area contributed by atoms with Crippen LogP contribution in [0.5, 0.6) is 0 Å². The lowest BCUT2D eigenvalue weighted by Gasteiger charge is -2.22. The molecule has 1 aliphatic rings. The van der Waals surface area contributed by atoms with Crippen LogP contribution in [-0.4, -0.2) is 34.1 Å². The van der Waals surface area contributed by atoms with Gasteiger partial charge in [-0.05, 0) is 6.07 Å². The van der Waals surface area contributed by atoms with E-state index in [-0.39, 0.29) is 6.61 Å². The van der Waals surface area contributed by atoms with Gasteiger partial charge in [-0.1, -0.05) is 0 Å². The molecule has 1 aromatic rings. The first-order valence-electron chi connectivity index (χ1n) is 4.07. The molecule has 1 fully saturated rings. The lowest BCUT2D eigenvalue weighted by Crippen LogP contribution is -2.42.